The van der Waals surface area contributed by atoms with Crippen molar-refractivity contribution in [3.8, 4) is 0 Å². The molecule has 3 amide bonds. The third-order valence-electron chi connectivity index (χ3n) is 3.13. The van der Waals surface area contributed by atoms with Crippen molar-refractivity contribution in [3.63, 3.8) is 0 Å². The Labute approximate surface area is 138 Å². The number of amides is 3. The Kier molecular flexibility index (Phi) is 4.08. The standard InChI is InChI=1S/C15H10BrFN2O2S/c16-13-6-5-10(22-13)7-12-14(20)19(15(21)18-12)8-9-3-1-2-4-11(9)17/h1-7H,8H2,(H,18,21)/b12-7+. The highest BCUT2D eigenvalue weighted by molar-refractivity contribution is 9.11. The van der Waals surface area contributed by atoms with Crippen LogP contribution in [-0.4, -0.2) is 16.8 Å². The van der Waals surface area contributed by atoms with Crippen LogP contribution in [0.15, 0.2) is 45.9 Å². The van der Waals surface area contributed by atoms with Crippen molar-refractivity contribution in [2.45, 2.75) is 6.54 Å². The first-order valence-corrected chi connectivity index (χ1v) is 7.99. The minimum atomic E-state index is -0.546. The number of urea groups is 1. The molecule has 1 saturated heterocycles. The smallest absolute Gasteiger partial charge is 0.303 e. The Balaban J connectivity index is 1.83. The van der Waals surface area contributed by atoms with E-state index in [-0.39, 0.29) is 12.2 Å². The number of carbonyl (C=O) groups excluding carboxylic acids is 2. The highest BCUT2D eigenvalue weighted by atomic mass is 79.9. The minimum absolute atomic E-state index is 0.0944. The van der Waals surface area contributed by atoms with Gasteiger partial charge in [0.2, 0.25) is 0 Å². The molecule has 1 fully saturated rings. The van der Waals surface area contributed by atoms with E-state index in [0.717, 1.165) is 13.6 Å². The van der Waals surface area contributed by atoms with Crippen LogP contribution in [0.3, 0.4) is 0 Å². The molecule has 0 spiro atoms. The number of hydrogen-bond acceptors (Lipinski definition) is 3. The maximum Gasteiger partial charge on any atom is 0.329 e. The summed E-state index contributed by atoms with van der Waals surface area (Å²) in [7, 11) is 0. The monoisotopic (exact) mass is 380 g/mol. The average Bonchev–Trinajstić information content (AvgIpc) is 3.00. The molecular weight excluding hydrogens is 371 g/mol. The van der Waals surface area contributed by atoms with Gasteiger partial charge in [-0.2, -0.15) is 0 Å². The topological polar surface area (TPSA) is 49.4 Å². The lowest BCUT2D eigenvalue weighted by Crippen LogP contribution is -2.30. The average molecular weight is 381 g/mol. The predicted octanol–water partition coefficient (Wildman–Crippen LogP) is 3.74. The third-order valence-corrected chi connectivity index (χ3v) is 4.70. The second-order valence-electron chi connectivity index (χ2n) is 4.61. The summed E-state index contributed by atoms with van der Waals surface area (Å²) < 4.78 is 14.6. The molecule has 3 rings (SSSR count). The number of imide groups is 1. The number of halogens is 2. The van der Waals surface area contributed by atoms with Gasteiger partial charge in [0.25, 0.3) is 5.91 Å². The molecule has 1 aromatic carbocycles. The zero-order valence-electron chi connectivity index (χ0n) is 11.2. The fourth-order valence-corrected chi connectivity index (χ4v) is 3.43. The van der Waals surface area contributed by atoms with E-state index in [9.17, 15) is 14.0 Å². The number of hydrogen-bond donors (Lipinski definition) is 1. The van der Waals surface area contributed by atoms with Gasteiger partial charge in [0.1, 0.15) is 11.5 Å². The molecule has 0 atom stereocenters. The van der Waals surface area contributed by atoms with Gasteiger partial charge in [-0.25, -0.2) is 9.18 Å². The second kappa shape index (κ2) is 6.02. The molecule has 1 N–H and O–H groups in total. The van der Waals surface area contributed by atoms with Gasteiger partial charge in [0.15, 0.2) is 0 Å². The van der Waals surface area contributed by atoms with E-state index in [0.29, 0.717) is 5.56 Å². The molecule has 0 aliphatic carbocycles. The highest BCUT2D eigenvalue weighted by Gasteiger charge is 2.34. The SMILES string of the molecule is O=C1N/C(=C/c2ccc(Br)s2)C(=O)N1Cc1ccccc1F. The molecule has 1 aliphatic rings. The van der Waals surface area contributed by atoms with Crippen molar-refractivity contribution in [2.75, 3.05) is 0 Å². The summed E-state index contributed by atoms with van der Waals surface area (Å²) in [5.74, 6) is -0.902. The third kappa shape index (κ3) is 2.95. The van der Waals surface area contributed by atoms with Crippen molar-refractivity contribution in [1.82, 2.24) is 10.2 Å². The minimum Gasteiger partial charge on any atom is -0.303 e. The van der Waals surface area contributed by atoms with E-state index >= 15 is 0 Å². The molecule has 0 saturated carbocycles. The lowest BCUT2D eigenvalue weighted by molar-refractivity contribution is -0.123. The molecule has 2 heterocycles. The Hall–Kier alpha value is -1.99. The van der Waals surface area contributed by atoms with Crippen LogP contribution in [0.25, 0.3) is 6.08 Å². The lowest BCUT2D eigenvalue weighted by atomic mass is 10.2. The van der Waals surface area contributed by atoms with Crippen LogP contribution in [0.5, 0.6) is 0 Å². The van der Waals surface area contributed by atoms with Crippen molar-refractivity contribution in [3.05, 3.63) is 62.1 Å². The van der Waals surface area contributed by atoms with Crippen molar-refractivity contribution in [1.29, 1.82) is 0 Å². The number of carbonyl (C=O) groups is 2. The van der Waals surface area contributed by atoms with Crippen LogP contribution >= 0.6 is 27.3 Å². The lowest BCUT2D eigenvalue weighted by Gasteiger charge is -2.12. The van der Waals surface area contributed by atoms with Crippen LogP contribution in [-0.2, 0) is 11.3 Å². The molecule has 4 nitrogen and oxygen atoms in total. The first-order valence-electron chi connectivity index (χ1n) is 6.38. The Morgan fingerprint density at radius 3 is 2.68 bits per heavy atom. The summed E-state index contributed by atoms with van der Waals surface area (Å²) in [6, 6.07) is 9.22. The Morgan fingerprint density at radius 1 is 1.23 bits per heavy atom. The molecular formula is C15H10BrFN2O2S. The summed E-state index contributed by atoms with van der Waals surface area (Å²) in [6.45, 7) is -0.0944. The van der Waals surface area contributed by atoms with Crippen molar-refractivity contribution < 1.29 is 14.0 Å². The molecule has 112 valence electrons. The quantitative estimate of drug-likeness (QED) is 0.651. The van der Waals surface area contributed by atoms with Gasteiger partial charge in [-0.1, -0.05) is 18.2 Å². The second-order valence-corrected chi connectivity index (χ2v) is 7.11. The van der Waals surface area contributed by atoms with Crippen LogP contribution in [0.2, 0.25) is 0 Å². The van der Waals surface area contributed by atoms with Gasteiger partial charge in [0, 0.05) is 10.4 Å². The Bertz CT molecular complexity index is 787. The molecule has 22 heavy (non-hydrogen) atoms. The van der Waals surface area contributed by atoms with E-state index in [1.807, 2.05) is 12.1 Å². The van der Waals surface area contributed by atoms with Crippen LogP contribution < -0.4 is 5.32 Å². The van der Waals surface area contributed by atoms with Crippen LogP contribution in [0, 0.1) is 5.82 Å². The number of nitrogens with zero attached hydrogens (tertiary/aromatic N) is 1. The zero-order chi connectivity index (χ0) is 15.7. The van der Waals surface area contributed by atoms with Gasteiger partial charge >= 0.3 is 6.03 Å². The van der Waals surface area contributed by atoms with Crippen LogP contribution in [0.1, 0.15) is 10.4 Å². The summed E-state index contributed by atoms with van der Waals surface area (Å²) in [4.78, 5) is 26.0. The molecule has 0 bridgehead atoms. The van der Waals surface area contributed by atoms with Gasteiger partial charge in [-0.05, 0) is 40.2 Å². The normalized spacial score (nSPS) is 16.5. The van der Waals surface area contributed by atoms with E-state index < -0.39 is 17.8 Å². The van der Waals surface area contributed by atoms with E-state index in [1.54, 1.807) is 24.3 Å². The van der Waals surface area contributed by atoms with Gasteiger partial charge in [-0.3, -0.25) is 9.69 Å². The number of benzene rings is 1. The number of rotatable bonds is 3. The number of nitrogens with one attached hydrogen (secondary N) is 1. The molecule has 7 heteroatoms. The summed E-state index contributed by atoms with van der Waals surface area (Å²) in [5.41, 5.74) is 0.488. The molecule has 0 radical (unpaired) electrons. The fourth-order valence-electron chi connectivity index (χ4n) is 2.06. The van der Waals surface area contributed by atoms with E-state index in [4.69, 9.17) is 0 Å². The fraction of sp³-hybridized carbons (Fsp3) is 0.0667. The van der Waals surface area contributed by atoms with Crippen LogP contribution in [0.4, 0.5) is 9.18 Å². The first-order chi connectivity index (χ1) is 10.5. The van der Waals surface area contributed by atoms with Gasteiger partial charge in [-0.15, -0.1) is 11.3 Å². The van der Waals surface area contributed by atoms with E-state index in [1.165, 1.54) is 17.4 Å². The number of thiophene rings is 1. The molecule has 1 aliphatic heterocycles. The van der Waals surface area contributed by atoms with Crippen molar-refractivity contribution >= 4 is 45.3 Å². The highest BCUT2D eigenvalue weighted by Crippen LogP contribution is 2.25. The summed E-state index contributed by atoms with van der Waals surface area (Å²) in [6.07, 6.45) is 1.61. The molecule has 1 aromatic heterocycles. The van der Waals surface area contributed by atoms with Gasteiger partial charge < -0.3 is 5.32 Å². The summed E-state index contributed by atoms with van der Waals surface area (Å²) >= 11 is 4.78. The zero-order valence-corrected chi connectivity index (χ0v) is 13.6. The van der Waals surface area contributed by atoms with E-state index in [2.05, 4.69) is 21.2 Å². The maximum atomic E-state index is 13.7. The maximum absolute atomic E-state index is 13.7. The largest absolute Gasteiger partial charge is 0.329 e. The van der Waals surface area contributed by atoms with Crippen molar-refractivity contribution in [2.24, 2.45) is 0 Å². The summed E-state index contributed by atoms with van der Waals surface area (Å²) in [5, 5.41) is 2.52. The van der Waals surface area contributed by atoms with Gasteiger partial charge in [0.05, 0.1) is 10.3 Å². The predicted molar refractivity (Wildman–Crippen MR) is 85.5 cm³/mol. The molecule has 0 unspecified atom stereocenters. The Morgan fingerprint density at radius 2 is 2.00 bits per heavy atom. The molecule has 2 aromatic rings. The first kappa shape index (κ1) is 14.9.